The Morgan fingerprint density at radius 1 is 1.28 bits per heavy atom. The summed E-state index contributed by atoms with van der Waals surface area (Å²) in [5.74, 6) is 0. The van der Waals surface area contributed by atoms with E-state index < -0.39 is 21.3 Å². The van der Waals surface area contributed by atoms with E-state index in [2.05, 4.69) is 9.44 Å². The van der Waals surface area contributed by atoms with Crippen LogP contribution in [0.5, 0.6) is 0 Å². The summed E-state index contributed by atoms with van der Waals surface area (Å²) in [7, 11) is -5.85. The number of alkyl halides is 3. The standard InChI is InChI=1S/C9H5F3N2O3S/c10-9(11,12)18(15,16)17-14-8(6-13)7-4-2-1-3-5-7/h1-5H/b14-8+. The van der Waals surface area contributed by atoms with Crippen LogP contribution in [0.1, 0.15) is 5.56 Å². The van der Waals surface area contributed by atoms with Crippen LogP contribution in [0, 0.1) is 11.3 Å². The molecule has 0 aromatic heterocycles. The maximum Gasteiger partial charge on any atom is 0.536 e. The summed E-state index contributed by atoms with van der Waals surface area (Å²) >= 11 is 0. The Morgan fingerprint density at radius 3 is 2.28 bits per heavy atom. The second kappa shape index (κ2) is 5.05. The minimum absolute atomic E-state index is 0.136. The van der Waals surface area contributed by atoms with Crippen LogP contribution >= 0.6 is 0 Å². The van der Waals surface area contributed by atoms with Crippen LogP contribution in [-0.2, 0) is 14.4 Å². The summed E-state index contributed by atoms with van der Waals surface area (Å²) < 4.78 is 60.3. The van der Waals surface area contributed by atoms with Gasteiger partial charge in [0.05, 0.1) is 0 Å². The van der Waals surface area contributed by atoms with Gasteiger partial charge in [-0.3, -0.25) is 4.28 Å². The van der Waals surface area contributed by atoms with Crippen molar-refractivity contribution in [2.24, 2.45) is 5.16 Å². The molecule has 0 heterocycles. The molecular weight excluding hydrogens is 273 g/mol. The summed E-state index contributed by atoms with van der Waals surface area (Å²) in [6.45, 7) is 0. The van der Waals surface area contributed by atoms with E-state index in [1.165, 1.54) is 30.3 Å². The van der Waals surface area contributed by atoms with Gasteiger partial charge >= 0.3 is 15.6 Å². The third-order valence-electron chi connectivity index (χ3n) is 1.66. The molecule has 0 aliphatic rings. The summed E-state index contributed by atoms with van der Waals surface area (Å²) in [4.78, 5) is 0. The Balaban J connectivity index is 3.01. The fraction of sp³-hybridized carbons (Fsp3) is 0.111. The van der Waals surface area contributed by atoms with Crippen molar-refractivity contribution in [3.05, 3.63) is 35.9 Å². The Labute approximate surface area is 100 Å². The highest BCUT2D eigenvalue weighted by Gasteiger charge is 2.49. The number of nitriles is 1. The molecule has 1 aromatic rings. The molecule has 0 fully saturated rings. The van der Waals surface area contributed by atoms with Gasteiger partial charge in [-0.2, -0.15) is 26.9 Å². The lowest BCUT2D eigenvalue weighted by Crippen LogP contribution is -2.24. The van der Waals surface area contributed by atoms with E-state index in [0.29, 0.717) is 0 Å². The van der Waals surface area contributed by atoms with Crippen LogP contribution in [0.15, 0.2) is 35.5 Å². The van der Waals surface area contributed by atoms with E-state index in [0.717, 1.165) is 0 Å². The van der Waals surface area contributed by atoms with Gasteiger partial charge in [0.25, 0.3) is 0 Å². The molecule has 0 saturated heterocycles. The normalized spacial score (nSPS) is 12.9. The van der Waals surface area contributed by atoms with Crippen LogP contribution in [-0.4, -0.2) is 19.6 Å². The molecule has 0 saturated carbocycles. The lowest BCUT2D eigenvalue weighted by molar-refractivity contribution is -0.0540. The molecular formula is C9H5F3N2O3S. The van der Waals surface area contributed by atoms with Gasteiger partial charge in [-0.1, -0.05) is 35.5 Å². The summed E-state index contributed by atoms with van der Waals surface area (Å²) in [6.07, 6.45) is 0. The first kappa shape index (κ1) is 14.0. The molecule has 0 spiro atoms. The Morgan fingerprint density at radius 2 is 1.83 bits per heavy atom. The summed E-state index contributed by atoms with van der Waals surface area (Å²) in [5.41, 5.74) is -6.03. The number of hydrogen-bond donors (Lipinski definition) is 0. The van der Waals surface area contributed by atoms with Gasteiger partial charge in [0.1, 0.15) is 6.07 Å². The molecule has 96 valence electrons. The fourth-order valence-corrected chi connectivity index (χ4v) is 1.12. The predicted octanol–water partition coefficient (Wildman–Crippen LogP) is 1.78. The second-order valence-electron chi connectivity index (χ2n) is 2.89. The van der Waals surface area contributed by atoms with E-state index in [9.17, 15) is 21.6 Å². The molecule has 0 aliphatic heterocycles. The maximum absolute atomic E-state index is 11.9. The largest absolute Gasteiger partial charge is 0.536 e. The van der Waals surface area contributed by atoms with Crippen molar-refractivity contribution >= 4 is 15.8 Å². The van der Waals surface area contributed by atoms with Crippen LogP contribution in [0.25, 0.3) is 0 Å². The first-order valence-corrected chi connectivity index (χ1v) is 5.72. The van der Waals surface area contributed by atoms with Crippen LogP contribution in [0.4, 0.5) is 13.2 Å². The predicted molar refractivity (Wildman–Crippen MR) is 54.7 cm³/mol. The fourth-order valence-electron chi connectivity index (χ4n) is 0.862. The van der Waals surface area contributed by atoms with Crippen LogP contribution in [0.3, 0.4) is 0 Å². The van der Waals surface area contributed by atoms with Crippen LogP contribution in [0.2, 0.25) is 0 Å². The molecule has 9 heteroatoms. The van der Waals surface area contributed by atoms with E-state index in [4.69, 9.17) is 5.26 Å². The van der Waals surface area contributed by atoms with Gasteiger partial charge in [0.2, 0.25) is 0 Å². The number of halogens is 3. The minimum atomic E-state index is -5.85. The summed E-state index contributed by atoms with van der Waals surface area (Å²) in [6, 6.07) is 8.77. The smallest absolute Gasteiger partial charge is 0.260 e. The van der Waals surface area contributed by atoms with Crippen molar-refractivity contribution in [1.82, 2.24) is 0 Å². The lowest BCUT2D eigenvalue weighted by atomic mass is 10.1. The molecule has 1 aromatic carbocycles. The van der Waals surface area contributed by atoms with Crippen molar-refractivity contribution in [2.75, 3.05) is 0 Å². The average Bonchev–Trinajstić information content (AvgIpc) is 2.29. The number of oxime groups is 1. The van der Waals surface area contributed by atoms with Gasteiger partial charge in [-0.25, -0.2) is 0 Å². The van der Waals surface area contributed by atoms with Crippen molar-refractivity contribution in [3.8, 4) is 6.07 Å². The highest BCUT2D eigenvalue weighted by Crippen LogP contribution is 2.24. The molecule has 0 N–H and O–H groups in total. The second-order valence-corrected chi connectivity index (χ2v) is 4.41. The van der Waals surface area contributed by atoms with Crippen molar-refractivity contribution < 1.29 is 25.9 Å². The first-order chi connectivity index (χ1) is 8.28. The van der Waals surface area contributed by atoms with Gasteiger partial charge in [-0.05, 0) is 0 Å². The number of nitrogens with zero attached hydrogens (tertiary/aromatic N) is 2. The zero-order valence-electron chi connectivity index (χ0n) is 8.55. The molecule has 0 aliphatic carbocycles. The van der Waals surface area contributed by atoms with Gasteiger partial charge in [-0.15, -0.1) is 0 Å². The monoisotopic (exact) mass is 278 g/mol. The maximum atomic E-state index is 11.9. The quantitative estimate of drug-likeness (QED) is 0.479. The topological polar surface area (TPSA) is 79.5 Å². The Hall–Kier alpha value is -2.08. The third-order valence-corrected chi connectivity index (χ3v) is 2.50. The molecule has 0 amide bonds. The Bertz CT molecular complexity index is 588. The van der Waals surface area contributed by atoms with Gasteiger partial charge in [0.15, 0.2) is 5.71 Å². The average molecular weight is 278 g/mol. The zero-order valence-corrected chi connectivity index (χ0v) is 9.36. The van der Waals surface area contributed by atoms with Crippen molar-refractivity contribution in [2.45, 2.75) is 5.51 Å². The van der Waals surface area contributed by atoms with E-state index in [-0.39, 0.29) is 5.56 Å². The minimum Gasteiger partial charge on any atom is -0.260 e. The molecule has 0 bridgehead atoms. The molecule has 5 nitrogen and oxygen atoms in total. The van der Waals surface area contributed by atoms with Crippen molar-refractivity contribution in [3.63, 3.8) is 0 Å². The number of benzene rings is 1. The molecule has 0 atom stereocenters. The molecule has 18 heavy (non-hydrogen) atoms. The van der Waals surface area contributed by atoms with E-state index in [1.807, 2.05) is 0 Å². The highest BCUT2D eigenvalue weighted by molar-refractivity contribution is 7.87. The lowest BCUT2D eigenvalue weighted by Gasteiger charge is -2.04. The van der Waals surface area contributed by atoms with Gasteiger partial charge in [0, 0.05) is 5.56 Å². The SMILES string of the molecule is N#C/C(=N\OS(=O)(=O)C(F)(F)F)c1ccccc1. The highest BCUT2D eigenvalue weighted by atomic mass is 32.2. The molecule has 0 unspecified atom stereocenters. The van der Waals surface area contributed by atoms with E-state index in [1.54, 1.807) is 6.07 Å². The van der Waals surface area contributed by atoms with Crippen molar-refractivity contribution in [1.29, 1.82) is 5.26 Å². The van der Waals surface area contributed by atoms with E-state index >= 15 is 0 Å². The van der Waals surface area contributed by atoms with Crippen LogP contribution < -0.4 is 0 Å². The zero-order chi connectivity index (χ0) is 13.8. The molecule has 0 radical (unpaired) electrons. The molecule has 1 rings (SSSR count). The van der Waals surface area contributed by atoms with Gasteiger partial charge < -0.3 is 0 Å². The number of hydrogen-bond acceptors (Lipinski definition) is 5. The summed E-state index contributed by atoms with van der Waals surface area (Å²) in [5, 5.41) is 11.3. The third kappa shape index (κ3) is 3.21. The number of rotatable bonds is 3. The first-order valence-electron chi connectivity index (χ1n) is 4.31. The Kier molecular flexibility index (Phi) is 3.93.